The van der Waals surface area contributed by atoms with E-state index in [0.717, 1.165) is 42.9 Å². The molecular formula is C23H23N3O4. The van der Waals surface area contributed by atoms with Crippen LogP contribution in [0.1, 0.15) is 31.1 Å². The Hall–Kier alpha value is -3.19. The van der Waals surface area contributed by atoms with Crippen molar-refractivity contribution in [2.75, 3.05) is 25.1 Å². The number of benzene rings is 2. The number of carbonyl (C=O) groups excluding carboxylic acids is 2. The van der Waals surface area contributed by atoms with Crippen LogP contribution in [0.3, 0.4) is 0 Å². The summed E-state index contributed by atoms with van der Waals surface area (Å²) in [7, 11) is 1.57. The SMILES string of the molecule is COc1cccc(N2C(=O)C[C@H](N3CCC(c4nc5ccccc5o4)CC3)C2=O)c1. The zero-order chi connectivity index (χ0) is 20.7. The van der Waals surface area contributed by atoms with Crippen molar-refractivity contribution < 1.29 is 18.7 Å². The van der Waals surface area contributed by atoms with E-state index in [1.807, 2.05) is 24.3 Å². The van der Waals surface area contributed by atoms with Crippen molar-refractivity contribution in [1.82, 2.24) is 9.88 Å². The van der Waals surface area contributed by atoms with Crippen LogP contribution < -0.4 is 9.64 Å². The van der Waals surface area contributed by atoms with Crippen LogP contribution in [-0.2, 0) is 9.59 Å². The van der Waals surface area contributed by atoms with E-state index in [-0.39, 0.29) is 24.2 Å². The van der Waals surface area contributed by atoms with Crippen molar-refractivity contribution in [3.8, 4) is 5.75 Å². The van der Waals surface area contributed by atoms with E-state index in [2.05, 4.69) is 9.88 Å². The van der Waals surface area contributed by atoms with E-state index in [0.29, 0.717) is 11.4 Å². The van der Waals surface area contributed by atoms with Crippen LogP contribution in [0.5, 0.6) is 5.75 Å². The summed E-state index contributed by atoms with van der Waals surface area (Å²) in [6, 6.07) is 14.4. The van der Waals surface area contributed by atoms with E-state index in [4.69, 9.17) is 9.15 Å². The molecule has 0 N–H and O–H groups in total. The average molecular weight is 405 g/mol. The van der Waals surface area contributed by atoms with Gasteiger partial charge in [0.2, 0.25) is 5.91 Å². The topological polar surface area (TPSA) is 75.9 Å². The van der Waals surface area contributed by atoms with E-state index in [9.17, 15) is 9.59 Å². The quantitative estimate of drug-likeness (QED) is 0.620. The zero-order valence-corrected chi connectivity index (χ0v) is 16.8. The van der Waals surface area contributed by atoms with Gasteiger partial charge in [0.1, 0.15) is 11.3 Å². The number of likely N-dealkylation sites (tertiary alicyclic amines) is 1. The molecule has 1 atom stereocenters. The molecule has 3 aromatic rings. The van der Waals surface area contributed by atoms with Gasteiger partial charge in [0.15, 0.2) is 11.5 Å². The largest absolute Gasteiger partial charge is 0.497 e. The van der Waals surface area contributed by atoms with Crippen LogP contribution in [-0.4, -0.2) is 47.9 Å². The second-order valence-corrected chi connectivity index (χ2v) is 7.82. The molecule has 2 aromatic carbocycles. The molecule has 0 radical (unpaired) electrons. The molecule has 0 aliphatic carbocycles. The first kappa shape index (κ1) is 18.8. The third kappa shape index (κ3) is 3.25. The molecule has 1 aromatic heterocycles. The van der Waals surface area contributed by atoms with Gasteiger partial charge >= 0.3 is 0 Å². The summed E-state index contributed by atoms with van der Waals surface area (Å²) in [4.78, 5) is 33.8. The van der Waals surface area contributed by atoms with Gasteiger partial charge in [-0.05, 0) is 50.2 Å². The molecule has 2 amide bonds. The molecule has 0 spiro atoms. The summed E-state index contributed by atoms with van der Waals surface area (Å²) >= 11 is 0. The van der Waals surface area contributed by atoms with Gasteiger partial charge < -0.3 is 9.15 Å². The normalized spacial score (nSPS) is 21.0. The highest BCUT2D eigenvalue weighted by Gasteiger charge is 2.43. The summed E-state index contributed by atoms with van der Waals surface area (Å²) in [5.74, 6) is 1.29. The van der Waals surface area contributed by atoms with Gasteiger partial charge in [0.25, 0.3) is 5.91 Å². The molecule has 2 aliphatic rings. The number of carbonyl (C=O) groups is 2. The standard InChI is InChI=1S/C23H23N3O4/c1-29-17-6-4-5-16(13-17)26-21(27)14-19(23(26)28)25-11-9-15(10-12-25)22-24-18-7-2-3-8-20(18)30-22/h2-8,13,15,19H,9-12,14H2,1H3/t19-/m0/s1. The zero-order valence-electron chi connectivity index (χ0n) is 16.8. The molecule has 3 heterocycles. The number of oxazole rings is 1. The van der Waals surface area contributed by atoms with Crippen LogP contribution >= 0.6 is 0 Å². The molecule has 7 heteroatoms. The highest BCUT2D eigenvalue weighted by Crippen LogP contribution is 2.34. The number of ether oxygens (including phenoxy) is 1. The molecule has 5 rings (SSSR count). The Bertz CT molecular complexity index is 1070. The van der Waals surface area contributed by atoms with Crippen LogP contribution in [0.2, 0.25) is 0 Å². The van der Waals surface area contributed by atoms with Crippen molar-refractivity contribution >= 4 is 28.6 Å². The van der Waals surface area contributed by atoms with E-state index in [1.54, 1.807) is 31.4 Å². The first-order chi connectivity index (χ1) is 14.6. The molecule has 2 aliphatic heterocycles. The molecule has 154 valence electrons. The van der Waals surface area contributed by atoms with Crippen LogP contribution in [0.4, 0.5) is 5.69 Å². The Morgan fingerprint density at radius 1 is 1.07 bits per heavy atom. The summed E-state index contributed by atoms with van der Waals surface area (Å²) < 4.78 is 11.2. The van der Waals surface area contributed by atoms with Gasteiger partial charge in [-0.25, -0.2) is 9.88 Å². The first-order valence-electron chi connectivity index (χ1n) is 10.2. The minimum absolute atomic E-state index is 0.159. The molecule has 7 nitrogen and oxygen atoms in total. The Morgan fingerprint density at radius 3 is 2.63 bits per heavy atom. The average Bonchev–Trinajstić information content (AvgIpc) is 3.34. The second kappa shape index (κ2) is 7.57. The van der Waals surface area contributed by atoms with E-state index in [1.165, 1.54) is 4.90 Å². The van der Waals surface area contributed by atoms with Gasteiger partial charge in [0, 0.05) is 12.0 Å². The number of fused-ring (bicyclic) bond motifs is 1. The lowest BCUT2D eigenvalue weighted by molar-refractivity contribution is -0.123. The van der Waals surface area contributed by atoms with Crippen molar-refractivity contribution in [3.05, 3.63) is 54.4 Å². The lowest BCUT2D eigenvalue weighted by Gasteiger charge is -2.33. The fourth-order valence-corrected chi connectivity index (χ4v) is 4.44. The fourth-order valence-electron chi connectivity index (χ4n) is 4.44. The number of anilines is 1. The van der Waals surface area contributed by atoms with Crippen molar-refractivity contribution in [2.24, 2.45) is 0 Å². The number of methoxy groups -OCH3 is 1. The molecule has 0 bridgehead atoms. The maximum atomic E-state index is 13.1. The smallest absolute Gasteiger partial charge is 0.251 e. The predicted octanol–water partition coefficient (Wildman–Crippen LogP) is 3.35. The number of nitrogens with zero attached hydrogens (tertiary/aromatic N) is 3. The maximum Gasteiger partial charge on any atom is 0.251 e. The minimum Gasteiger partial charge on any atom is -0.497 e. The second-order valence-electron chi connectivity index (χ2n) is 7.82. The summed E-state index contributed by atoms with van der Waals surface area (Å²) in [6.07, 6.45) is 1.91. The third-order valence-corrected chi connectivity index (χ3v) is 6.06. The van der Waals surface area contributed by atoms with Gasteiger partial charge in [0.05, 0.1) is 25.3 Å². The number of hydrogen-bond donors (Lipinski definition) is 0. The lowest BCUT2D eigenvalue weighted by atomic mass is 9.95. The fraction of sp³-hybridized carbons (Fsp3) is 0.348. The van der Waals surface area contributed by atoms with E-state index < -0.39 is 6.04 Å². The highest BCUT2D eigenvalue weighted by molar-refractivity contribution is 6.22. The molecule has 30 heavy (non-hydrogen) atoms. The molecular weight excluding hydrogens is 382 g/mol. The molecule has 0 unspecified atom stereocenters. The lowest BCUT2D eigenvalue weighted by Crippen LogP contribution is -2.45. The molecule has 2 saturated heterocycles. The number of aromatic nitrogens is 1. The Balaban J connectivity index is 1.28. The summed E-state index contributed by atoms with van der Waals surface area (Å²) in [5.41, 5.74) is 2.24. The van der Waals surface area contributed by atoms with Crippen molar-refractivity contribution in [3.63, 3.8) is 0 Å². The van der Waals surface area contributed by atoms with E-state index >= 15 is 0 Å². The number of amides is 2. The van der Waals surface area contributed by atoms with Gasteiger partial charge in [-0.1, -0.05) is 18.2 Å². The summed E-state index contributed by atoms with van der Waals surface area (Å²) in [5, 5.41) is 0. The van der Waals surface area contributed by atoms with Gasteiger partial charge in [-0.2, -0.15) is 0 Å². The van der Waals surface area contributed by atoms with Gasteiger partial charge in [-0.15, -0.1) is 0 Å². The van der Waals surface area contributed by atoms with Crippen LogP contribution in [0.15, 0.2) is 52.9 Å². The van der Waals surface area contributed by atoms with Crippen molar-refractivity contribution in [1.29, 1.82) is 0 Å². The molecule has 0 saturated carbocycles. The molecule has 2 fully saturated rings. The number of imide groups is 1. The predicted molar refractivity (Wildman–Crippen MR) is 111 cm³/mol. The Labute approximate surface area is 174 Å². The minimum atomic E-state index is -0.409. The number of rotatable bonds is 4. The Morgan fingerprint density at radius 2 is 1.87 bits per heavy atom. The van der Waals surface area contributed by atoms with Crippen molar-refractivity contribution in [2.45, 2.75) is 31.2 Å². The highest BCUT2D eigenvalue weighted by atomic mass is 16.5. The first-order valence-corrected chi connectivity index (χ1v) is 10.2. The summed E-state index contributed by atoms with van der Waals surface area (Å²) in [6.45, 7) is 1.47. The number of hydrogen-bond acceptors (Lipinski definition) is 6. The van der Waals surface area contributed by atoms with Crippen LogP contribution in [0.25, 0.3) is 11.1 Å². The Kier molecular flexibility index (Phi) is 4.75. The van der Waals surface area contributed by atoms with Crippen LogP contribution in [0, 0.1) is 0 Å². The van der Waals surface area contributed by atoms with Gasteiger partial charge in [-0.3, -0.25) is 14.5 Å². The third-order valence-electron chi connectivity index (χ3n) is 6.06. The number of piperidine rings is 1. The monoisotopic (exact) mass is 405 g/mol. The number of para-hydroxylation sites is 2. The maximum absolute atomic E-state index is 13.1.